The van der Waals surface area contributed by atoms with E-state index in [1.807, 2.05) is 49.5 Å². The Kier molecular flexibility index (Phi) is 6.03. The molecule has 0 spiro atoms. The predicted octanol–water partition coefficient (Wildman–Crippen LogP) is 4.93. The van der Waals surface area contributed by atoms with E-state index in [9.17, 15) is 9.59 Å². The predicted molar refractivity (Wildman–Crippen MR) is 123 cm³/mol. The summed E-state index contributed by atoms with van der Waals surface area (Å²) in [6.45, 7) is 3.46. The van der Waals surface area contributed by atoms with Gasteiger partial charge < -0.3 is 14.0 Å². The summed E-state index contributed by atoms with van der Waals surface area (Å²) in [7, 11) is 1.99. The van der Waals surface area contributed by atoms with Crippen molar-refractivity contribution in [2.24, 2.45) is 7.05 Å². The lowest BCUT2D eigenvalue weighted by molar-refractivity contribution is -0.131. The highest BCUT2D eigenvalue weighted by Crippen LogP contribution is 2.36. The van der Waals surface area contributed by atoms with E-state index in [1.54, 1.807) is 19.1 Å². The van der Waals surface area contributed by atoms with Gasteiger partial charge >= 0.3 is 11.9 Å². The summed E-state index contributed by atoms with van der Waals surface area (Å²) in [5.74, 6) is -0.289. The van der Waals surface area contributed by atoms with Gasteiger partial charge in [0, 0.05) is 37.5 Å². The van der Waals surface area contributed by atoms with Gasteiger partial charge in [-0.3, -0.25) is 4.79 Å². The first-order valence-electron chi connectivity index (χ1n) is 10.5. The maximum atomic E-state index is 12.1. The van der Waals surface area contributed by atoms with Crippen LogP contribution in [0.4, 0.5) is 0 Å². The Bertz CT molecular complexity index is 1290. The molecule has 0 saturated carbocycles. The van der Waals surface area contributed by atoms with Crippen LogP contribution in [0.2, 0.25) is 0 Å². The minimum absolute atomic E-state index is 0.294. The van der Waals surface area contributed by atoms with E-state index in [-0.39, 0.29) is 5.97 Å². The number of carbonyl (C=O) groups is 2. The van der Waals surface area contributed by atoms with Crippen LogP contribution in [0.1, 0.15) is 35.6 Å². The highest BCUT2D eigenvalue weighted by atomic mass is 16.5. The summed E-state index contributed by atoms with van der Waals surface area (Å²) in [5.41, 5.74) is 5.20. The third kappa shape index (κ3) is 4.25. The second kappa shape index (κ2) is 9.06. The fourth-order valence-electron chi connectivity index (χ4n) is 3.94. The number of aromatic nitrogens is 2. The van der Waals surface area contributed by atoms with Gasteiger partial charge in [0.1, 0.15) is 11.4 Å². The number of hydrogen-bond acceptors (Lipinski definition) is 5. The van der Waals surface area contributed by atoms with E-state index >= 15 is 0 Å². The van der Waals surface area contributed by atoms with E-state index in [1.165, 1.54) is 6.92 Å². The van der Waals surface area contributed by atoms with Gasteiger partial charge in [0.25, 0.3) is 0 Å². The molecule has 0 bridgehead atoms. The van der Waals surface area contributed by atoms with Crippen LogP contribution >= 0.6 is 0 Å². The van der Waals surface area contributed by atoms with Crippen LogP contribution in [0, 0.1) is 0 Å². The van der Waals surface area contributed by atoms with Crippen molar-refractivity contribution in [1.82, 2.24) is 9.55 Å². The molecular weight excluding hydrogens is 404 g/mol. The number of hydrogen-bond donors (Lipinski definition) is 0. The molecule has 6 nitrogen and oxygen atoms in total. The highest BCUT2D eigenvalue weighted by molar-refractivity contribution is 5.93. The van der Waals surface area contributed by atoms with Gasteiger partial charge in [-0.2, -0.15) is 0 Å². The number of esters is 2. The molecule has 4 aromatic rings. The lowest BCUT2D eigenvalue weighted by Crippen LogP contribution is -2.08. The van der Waals surface area contributed by atoms with E-state index in [0.29, 0.717) is 24.5 Å². The van der Waals surface area contributed by atoms with Gasteiger partial charge in [0.05, 0.1) is 17.8 Å². The maximum absolute atomic E-state index is 12.1. The van der Waals surface area contributed by atoms with Crippen molar-refractivity contribution in [3.05, 3.63) is 83.7 Å². The van der Waals surface area contributed by atoms with Crippen LogP contribution in [-0.2, 0) is 23.0 Å². The van der Waals surface area contributed by atoms with Crippen LogP contribution in [-0.4, -0.2) is 28.1 Å². The molecule has 0 atom stereocenters. The molecule has 0 unspecified atom stereocenters. The van der Waals surface area contributed by atoms with Crippen LogP contribution < -0.4 is 4.74 Å². The summed E-state index contributed by atoms with van der Waals surface area (Å²) in [4.78, 5) is 28.1. The molecule has 2 heterocycles. The van der Waals surface area contributed by atoms with E-state index in [0.717, 1.165) is 33.4 Å². The smallest absolute Gasteiger partial charge is 0.356 e. The molecule has 4 rings (SSSR count). The van der Waals surface area contributed by atoms with Crippen molar-refractivity contribution in [2.75, 3.05) is 6.61 Å². The van der Waals surface area contributed by atoms with Gasteiger partial charge in [-0.15, -0.1) is 0 Å². The third-order valence-electron chi connectivity index (χ3n) is 5.23. The van der Waals surface area contributed by atoms with Crippen LogP contribution in [0.3, 0.4) is 0 Å². The number of pyridine rings is 1. The molecule has 0 amide bonds. The Balaban J connectivity index is 1.85. The molecule has 2 aromatic heterocycles. The molecule has 0 saturated heterocycles. The van der Waals surface area contributed by atoms with Crippen molar-refractivity contribution in [1.29, 1.82) is 0 Å². The number of nitrogens with zero attached hydrogens (tertiary/aromatic N) is 2. The van der Waals surface area contributed by atoms with Gasteiger partial charge in [0.2, 0.25) is 0 Å². The van der Waals surface area contributed by atoms with Gasteiger partial charge in [-0.05, 0) is 42.3 Å². The fourth-order valence-corrected chi connectivity index (χ4v) is 3.94. The minimum atomic E-state index is -0.429. The first-order chi connectivity index (χ1) is 15.5. The lowest BCUT2D eigenvalue weighted by atomic mass is 10.0. The normalized spacial score (nSPS) is 10.8. The SMILES string of the molecule is CCOC(=O)c1cccc(Cc2c(-c3ccccc3)n(C)c3cc(OC(C)=O)ccc23)n1. The first kappa shape index (κ1) is 21.3. The van der Waals surface area contributed by atoms with Gasteiger partial charge in [-0.25, -0.2) is 9.78 Å². The van der Waals surface area contributed by atoms with Crippen molar-refractivity contribution in [2.45, 2.75) is 20.3 Å². The number of fused-ring (bicyclic) bond motifs is 1. The van der Waals surface area contributed by atoms with E-state index < -0.39 is 5.97 Å². The lowest BCUT2D eigenvalue weighted by Gasteiger charge is -2.09. The second-order valence-corrected chi connectivity index (χ2v) is 7.44. The van der Waals surface area contributed by atoms with Crippen molar-refractivity contribution >= 4 is 22.8 Å². The summed E-state index contributed by atoms with van der Waals surface area (Å²) in [5, 5.41) is 1.03. The number of benzene rings is 2. The summed E-state index contributed by atoms with van der Waals surface area (Å²) in [6.07, 6.45) is 0.529. The summed E-state index contributed by atoms with van der Waals surface area (Å²) >= 11 is 0. The average Bonchev–Trinajstić information content (AvgIpc) is 3.05. The number of aryl methyl sites for hydroxylation is 1. The minimum Gasteiger partial charge on any atom is -0.461 e. The molecule has 162 valence electrons. The number of carbonyl (C=O) groups excluding carboxylic acids is 2. The molecule has 0 radical (unpaired) electrons. The zero-order valence-corrected chi connectivity index (χ0v) is 18.3. The van der Waals surface area contributed by atoms with Crippen molar-refractivity contribution < 1.29 is 19.1 Å². The van der Waals surface area contributed by atoms with E-state index in [4.69, 9.17) is 9.47 Å². The molecular formula is C26H24N2O4. The Morgan fingerprint density at radius 2 is 1.78 bits per heavy atom. The molecule has 0 aliphatic rings. The van der Waals surface area contributed by atoms with Crippen molar-refractivity contribution in [3.8, 4) is 17.0 Å². The second-order valence-electron chi connectivity index (χ2n) is 7.44. The highest BCUT2D eigenvalue weighted by Gasteiger charge is 2.19. The third-order valence-corrected chi connectivity index (χ3v) is 5.23. The average molecular weight is 428 g/mol. The molecule has 0 aliphatic carbocycles. The fraction of sp³-hybridized carbons (Fsp3) is 0.192. The summed E-state index contributed by atoms with van der Waals surface area (Å²) < 4.78 is 12.5. The number of ether oxygens (including phenoxy) is 2. The van der Waals surface area contributed by atoms with Crippen LogP contribution in [0.5, 0.6) is 5.75 Å². The largest absolute Gasteiger partial charge is 0.461 e. The Hall–Kier alpha value is -3.93. The Labute approximate surface area is 186 Å². The molecule has 2 aromatic carbocycles. The maximum Gasteiger partial charge on any atom is 0.356 e. The Morgan fingerprint density at radius 1 is 1.00 bits per heavy atom. The topological polar surface area (TPSA) is 70.4 Å². The van der Waals surface area contributed by atoms with Gasteiger partial charge in [0.15, 0.2) is 0 Å². The van der Waals surface area contributed by atoms with Crippen LogP contribution in [0.25, 0.3) is 22.2 Å². The standard InChI is InChI=1S/C26H24N2O4/c1-4-31-26(30)23-12-8-11-19(27-23)15-22-21-14-13-20(32-17(2)29)16-24(21)28(3)25(22)18-9-6-5-7-10-18/h5-14,16H,4,15H2,1-3H3. The Morgan fingerprint density at radius 3 is 2.50 bits per heavy atom. The monoisotopic (exact) mass is 428 g/mol. The van der Waals surface area contributed by atoms with E-state index in [2.05, 4.69) is 21.7 Å². The zero-order valence-electron chi connectivity index (χ0n) is 18.3. The molecule has 6 heteroatoms. The molecule has 0 N–H and O–H groups in total. The van der Waals surface area contributed by atoms with Gasteiger partial charge in [-0.1, -0.05) is 36.4 Å². The first-order valence-corrected chi connectivity index (χ1v) is 10.5. The number of rotatable bonds is 6. The summed E-state index contributed by atoms with van der Waals surface area (Å²) in [6, 6.07) is 21.1. The molecule has 0 aliphatic heterocycles. The van der Waals surface area contributed by atoms with Crippen LogP contribution in [0.15, 0.2) is 66.7 Å². The zero-order chi connectivity index (χ0) is 22.7. The molecule has 0 fully saturated rings. The molecule has 32 heavy (non-hydrogen) atoms. The van der Waals surface area contributed by atoms with Crippen molar-refractivity contribution in [3.63, 3.8) is 0 Å². The quantitative estimate of drug-likeness (QED) is 0.322.